The van der Waals surface area contributed by atoms with Gasteiger partial charge in [-0.05, 0) is 17.8 Å². The van der Waals surface area contributed by atoms with Gasteiger partial charge >= 0.3 is 5.66 Å². The van der Waals surface area contributed by atoms with Crippen LogP contribution in [0.1, 0.15) is 0 Å². The summed E-state index contributed by atoms with van der Waals surface area (Å²) in [5.74, 6) is 0. The predicted molar refractivity (Wildman–Crippen MR) is 55.1 cm³/mol. The Morgan fingerprint density at radius 3 is 2.50 bits per heavy atom. The highest BCUT2D eigenvalue weighted by Crippen LogP contribution is 2.29. The van der Waals surface area contributed by atoms with E-state index in [0.717, 1.165) is 12.2 Å². The zero-order valence-electron chi connectivity index (χ0n) is 7.77. The summed E-state index contributed by atoms with van der Waals surface area (Å²) in [6.45, 7) is 0. The van der Waals surface area contributed by atoms with Crippen LogP contribution in [0.25, 0.3) is 0 Å². The second-order valence-electron chi connectivity index (χ2n) is 2.92. The molecule has 1 atom stereocenters. The van der Waals surface area contributed by atoms with E-state index in [1.54, 1.807) is 5.40 Å². The van der Waals surface area contributed by atoms with Crippen LogP contribution in [0.4, 0.5) is 0 Å². The number of nitrogens with two attached hydrogens (primary N) is 1. The summed E-state index contributed by atoms with van der Waals surface area (Å²) in [6.07, 6.45) is 3.29. The smallest absolute Gasteiger partial charge is 0.312 e. The molecule has 16 heavy (non-hydrogen) atoms. The van der Waals surface area contributed by atoms with Gasteiger partial charge in [-0.2, -0.15) is 5.26 Å². The van der Waals surface area contributed by atoms with Gasteiger partial charge in [-0.3, -0.25) is 20.2 Å². The van der Waals surface area contributed by atoms with Crippen LogP contribution in [0.3, 0.4) is 0 Å². The topological polar surface area (TPSA) is 136 Å². The summed E-state index contributed by atoms with van der Waals surface area (Å²) in [5, 5.41) is 31.7. The number of nitro groups is 2. The van der Waals surface area contributed by atoms with E-state index in [9.17, 15) is 20.2 Å². The molecule has 0 aromatic carbocycles. The molecule has 0 saturated heterocycles. The highest BCUT2D eigenvalue weighted by atomic mass is 32.2. The van der Waals surface area contributed by atoms with Crippen molar-refractivity contribution in [3.05, 3.63) is 43.4 Å². The first-order chi connectivity index (χ1) is 7.45. The second kappa shape index (κ2) is 4.30. The molecule has 0 fully saturated rings. The van der Waals surface area contributed by atoms with Gasteiger partial charge in [-0.25, -0.2) is 0 Å². The number of allylic oxidation sites excluding steroid dienone is 1. The normalized spacial score (nSPS) is 22.0. The number of hydrogen-bond donors (Lipinski definition) is 1. The van der Waals surface area contributed by atoms with Crippen molar-refractivity contribution in [3.8, 4) is 5.40 Å². The van der Waals surface area contributed by atoms with Crippen LogP contribution in [-0.4, -0.2) is 21.6 Å². The Morgan fingerprint density at radius 1 is 1.50 bits per heavy atom. The van der Waals surface area contributed by atoms with E-state index in [2.05, 4.69) is 0 Å². The first-order valence-corrected chi connectivity index (χ1v) is 4.78. The fourth-order valence-corrected chi connectivity index (χ4v) is 1.71. The Bertz CT molecular complexity index is 424. The van der Waals surface area contributed by atoms with Crippen LogP contribution in [0.5, 0.6) is 0 Å². The molecule has 84 valence electrons. The van der Waals surface area contributed by atoms with Gasteiger partial charge in [-0.1, -0.05) is 6.08 Å². The highest BCUT2D eigenvalue weighted by Gasteiger charge is 2.60. The molecular weight excluding hydrogens is 236 g/mol. The van der Waals surface area contributed by atoms with Crippen LogP contribution in [0.2, 0.25) is 0 Å². The summed E-state index contributed by atoms with van der Waals surface area (Å²) in [5.41, 5.74) is 2.78. The van der Waals surface area contributed by atoms with Crippen molar-refractivity contribution in [1.82, 2.24) is 0 Å². The van der Waals surface area contributed by atoms with E-state index < -0.39 is 21.6 Å². The van der Waals surface area contributed by atoms with E-state index >= 15 is 0 Å². The summed E-state index contributed by atoms with van der Waals surface area (Å²) < 4.78 is 0. The fourth-order valence-electron chi connectivity index (χ4n) is 1.23. The average Bonchev–Trinajstić information content (AvgIpc) is 2.20. The molecule has 8 nitrogen and oxygen atoms in total. The number of thioether (sulfide) groups is 1. The van der Waals surface area contributed by atoms with Crippen LogP contribution in [-0.2, 0) is 0 Å². The van der Waals surface area contributed by atoms with Gasteiger partial charge in [0.15, 0.2) is 6.04 Å². The number of thiocyanates is 1. The Morgan fingerprint density at radius 2 is 2.06 bits per heavy atom. The standard InChI is InChI=1S/C7H6N4O4S/c8-4-16-5-1-2-6(9)7(3-5,10(12)13)11(14)15/h1-3,6H,9H2. The third kappa shape index (κ3) is 1.75. The maximum atomic E-state index is 10.8. The van der Waals surface area contributed by atoms with Crippen molar-refractivity contribution >= 4 is 11.8 Å². The Hall–Kier alpha value is -1.92. The molecule has 1 unspecified atom stereocenters. The Labute approximate surface area is 93.7 Å². The molecule has 0 amide bonds. The summed E-state index contributed by atoms with van der Waals surface area (Å²) in [4.78, 5) is 19.6. The van der Waals surface area contributed by atoms with Gasteiger partial charge in [0.2, 0.25) is 0 Å². The van der Waals surface area contributed by atoms with Crippen molar-refractivity contribution in [2.75, 3.05) is 0 Å². The van der Waals surface area contributed by atoms with E-state index in [1.807, 2.05) is 0 Å². The Balaban J connectivity index is 3.27. The molecule has 2 N–H and O–H groups in total. The largest absolute Gasteiger partial charge is 0.497 e. The monoisotopic (exact) mass is 242 g/mol. The van der Waals surface area contributed by atoms with Gasteiger partial charge in [0, 0.05) is 4.91 Å². The first-order valence-electron chi connectivity index (χ1n) is 3.96. The third-order valence-corrected chi connectivity index (χ3v) is 2.64. The predicted octanol–water partition coefficient (Wildman–Crippen LogP) is 0.231. The SMILES string of the molecule is N#CSC1=CC([N+](=O)[O-])([N+](=O)[O-])C(N)C=C1. The minimum atomic E-state index is -2.59. The molecule has 0 bridgehead atoms. The Kier molecular flexibility index (Phi) is 3.26. The third-order valence-electron chi connectivity index (χ3n) is 2.06. The summed E-state index contributed by atoms with van der Waals surface area (Å²) in [6, 6.07) is -1.36. The van der Waals surface area contributed by atoms with Gasteiger partial charge in [0.05, 0.1) is 6.08 Å². The molecule has 0 spiro atoms. The average molecular weight is 242 g/mol. The van der Waals surface area contributed by atoms with Gasteiger partial charge in [0.25, 0.3) is 0 Å². The maximum absolute atomic E-state index is 10.8. The van der Waals surface area contributed by atoms with Crippen LogP contribution in [0.15, 0.2) is 23.1 Å². The van der Waals surface area contributed by atoms with E-state index in [0.29, 0.717) is 11.8 Å². The molecule has 0 aliphatic heterocycles. The molecule has 1 aliphatic rings. The molecule has 0 heterocycles. The van der Waals surface area contributed by atoms with Gasteiger partial charge < -0.3 is 5.73 Å². The van der Waals surface area contributed by atoms with Crippen molar-refractivity contribution in [2.45, 2.75) is 11.7 Å². The van der Waals surface area contributed by atoms with E-state index in [-0.39, 0.29) is 4.91 Å². The number of hydrogen-bond acceptors (Lipinski definition) is 7. The number of nitriles is 1. The molecule has 1 rings (SSSR count). The molecule has 0 radical (unpaired) electrons. The zero-order chi connectivity index (χ0) is 12.3. The lowest BCUT2D eigenvalue weighted by atomic mass is 9.97. The second-order valence-corrected chi connectivity index (χ2v) is 3.78. The molecule has 0 aromatic rings. The lowest BCUT2D eigenvalue weighted by molar-refractivity contribution is -0.782. The summed E-state index contributed by atoms with van der Waals surface area (Å²) >= 11 is 0.607. The molecule has 0 aromatic heterocycles. The van der Waals surface area contributed by atoms with E-state index in [1.165, 1.54) is 6.08 Å². The van der Waals surface area contributed by atoms with Crippen LogP contribution in [0, 0.1) is 30.9 Å². The number of nitrogens with zero attached hydrogens (tertiary/aromatic N) is 3. The van der Waals surface area contributed by atoms with Gasteiger partial charge in [-0.15, -0.1) is 0 Å². The minimum Gasteiger partial charge on any atom is -0.312 e. The van der Waals surface area contributed by atoms with E-state index in [4.69, 9.17) is 11.0 Å². The first kappa shape index (κ1) is 12.2. The fraction of sp³-hybridized carbons (Fsp3) is 0.286. The summed E-state index contributed by atoms with van der Waals surface area (Å²) in [7, 11) is 0. The van der Waals surface area contributed by atoms with Crippen molar-refractivity contribution in [2.24, 2.45) is 5.73 Å². The van der Waals surface area contributed by atoms with Crippen molar-refractivity contribution in [1.29, 1.82) is 5.26 Å². The lowest BCUT2D eigenvalue weighted by Crippen LogP contribution is -2.58. The van der Waals surface area contributed by atoms with Gasteiger partial charge in [0.1, 0.15) is 15.2 Å². The van der Waals surface area contributed by atoms with Crippen LogP contribution < -0.4 is 5.73 Å². The maximum Gasteiger partial charge on any atom is 0.497 e. The van der Waals surface area contributed by atoms with Crippen molar-refractivity contribution < 1.29 is 9.85 Å². The van der Waals surface area contributed by atoms with Crippen molar-refractivity contribution in [3.63, 3.8) is 0 Å². The quantitative estimate of drug-likeness (QED) is 0.323. The van der Waals surface area contributed by atoms with Crippen LogP contribution >= 0.6 is 11.8 Å². The molecule has 0 saturated carbocycles. The minimum absolute atomic E-state index is 0.137. The lowest BCUT2D eigenvalue weighted by Gasteiger charge is -2.20. The zero-order valence-corrected chi connectivity index (χ0v) is 8.59. The number of rotatable bonds is 3. The molecular formula is C7H6N4O4S. The highest BCUT2D eigenvalue weighted by molar-refractivity contribution is 8.07. The molecule has 9 heteroatoms. The molecule has 1 aliphatic carbocycles.